The predicted octanol–water partition coefficient (Wildman–Crippen LogP) is 2.62. The van der Waals surface area contributed by atoms with E-state index in [0.717, 1.165) is 91.7 Å². The predicted molar refractivity (Wildman–Crippen MR) is 140 cm³/mol. The summed E-state index contributed by atoms with van der Waals surface area (Å²) in [5.74, 6) is 1.66. The van der Waals surface area contributed by atoms with Crippen LogP contribution in [0.4, 0.5) is 17.3 Å². The van der Waals surface area contributed by atoms with Gasteiger partial charge >= 0.3 is 0 Å². The fourth-order valence-corrected chi connectivity index (χ4v) is 6.05. The highest BCUT2D eigenvalue weighted by Gasteiger charge is 2.47. The van der Waals surface area contributed by atoms with Crippen LogP contribution < -0.4 is 15.5 Å². The lowest BCUT2D eigenvalue weighted by molar-refractivity contribution is 0.0974. The molecule has 2 fully saturated rings. The number of aryl methyl sites for hydroxylation is 1. The average Bonchev–Trinajstić information content (AvgIpc) is 3.50. The van der Waals surface area contributed by atoms with E-state index in [-0.39, 0.29) is 17.6 Å². The van der Waals surface area contributed by atoms with Crippen molar-refractivity contribution in [2.45, 2.75) is 44.8 Å². The molecule has 3 aliphatic rings. The summed E-state index contributed by atoms with van der Waals surface area (Å²) in [5, 5.41) is 15.6. The van der Waals surface area contributed by atoms with Crippen LogP contribution in [-0.2, 0) is 11.2 Å². The molecule has 2 atom stereocenters. The van der Waals surface area contributed by atoms with E-state index in [1.807, 2.05) is 18.3 Å². The highest BCUT2D eigenvalue weighted by atomic mass is 16.5. The van der Waals surface area contributed by atoms with Gasteiger partial charge in [0.2, 0.25) is 0 Å². The summed E-state index contributed by atoms with van der Waals surface area (Å²) in [7, 11) is 0. The summed E-state index contributed by atoms with van der Waals surface area (Å²) in [6.45, 7) is 5.47. The molecule has 0 radical (unpaired) electrons. The molecule has 4 aromatic rings. The quantitative estimate of drug-likeness (QED) is 0.434. The molecule has 0 amide bonds. The zero-order chi connectivity index (χ0) is 25.0. The Hall–Kier alpha value is -3.70. The second kappa shape index (κ2) is 8.70. The highest BCUT2D eigenvalue weighted by Crippen LogP contribution is 2.42. The first kappa shape index (κ1) is 22.5. The lowest BCUT2D eigenvalue weighted by atomic mass is 9.73. The molecule has 37 heavy (non-hydrogen) atoms. The monoisotopic (exact) mass is 498 g/mol. The van der Waals surface area contributed by atoms with Crippen molar-refractivity contribution in [1.82, 2.24) is 35.3 Å². The van der Waals surface area contributed by atoms with Crippen molar-refractivity contribution in [2.75, 3.05) is 36.0 Å². The first-order valence-electron chi connectivity index (χ1n) is 13.0. The van der Waals surface area contributed by atoms with E-state index in [0.29, 0.717) is 5.65 Å². The van der Waals surface area contributed by atoms with Crippen LogP contribution in [-0.4, -0.2) is 73.7 Å². The van der Waals surface area contributed by atoms with Gasteiger partial charge in [0.1, 0.15) is 5.82 Å². The Labute approximate surface area is 214 Å². The molecule has 0 aromatic carbocycles. The maximum absolute atomic E-state index is 6.49. The summed E-state index contributed by atoms with van der Waals surface area (Å²) >= 11 is 0. The lowest BCUT2D eigenvalue weighted by Crippen LogP contribution is -2.50. The van der Waals surface area contributed by atoms with E-state index in [9.17, 15) is 0 Å². The maximum Gasteiger partial charge on any atom is 0.183 e. The number of H-pyrrole nitrogens is 1. The lowest BCUT2D eigenvalue weighted by Gasteiger charge is -2.41. The number of pyridine rings is 1. The minimum atomic E-state index is 0.0814. The van der Waals surface area contributed by atoms with Crippen LogP contribution in [0.25, 0.3) is 22.4 Å². The van der Waals surface area contributed by atoms with E-state index in [2.05, 4.69) is 43.2 Å². The number of anilines is 3. The molecule has 0 bridgehead atoms. The molecule has 3 aliphatic heterocycles. The highest BCUT2D eigenvalue weighted by molar-refractivity contribution is 5.87. The van der Waals surface area contributed by atoms with Gasteiger partial charge in [0, 0.05) is 36.7 Å². The van der Waals surface area contributed by atoms with Crippen LogP contribution in [0.1, 0.15) is 31.9 Å². The Balaban J connectivity index is 1.14. The third kappa shape index (κ3) is 3.72. The summed E-state index contributed by atoms with van der Waals surface area (Å²) < 4.78 is 5.87. The first-order chi connectivity index (χ1) is 18.1. The number of hydrogen-bond acceptors (Lipinski definition) is 10. The molecule has 4 aromatic heterocycles. The van der Waals surface area contributed by atoms with Gasteiger partial charge in [0.25, 0.3) is 0 Å². The maximum atomic E-state index is 6.49. The molecule has 7 heterocycles. The fourth-order valence-electron chi connectivity index (χ4n) is 6.05. The van der Waals surface area contributed by atoms with Crippen molar-refractivity contribution in [3.05, 3.63) is 42.5 Å². The van der Waals surface area contributed by atoms with Gasteiger partial charge < -0.3 is 20.3 Å². The van der Waals surface area contributed by atoms with E-state index < -0.39 is 0 Å². The Morgan fingerprint density at radius 2 is 1.97 bits per heavy atom. The second-order valence-corrected chi connectivity index (χ2v) is 10.4. The van der Waals surface area contributed by atoms with E-state index in [4.69, 9.17) is 25.4 Å². The second-order valence-electron chi connectivity index (χ2n) is 10.4. The Kier molecular flexibility index (Phi) is 5.29. The van der Waals surface area contributed by atoms with Crippen molar-refractivity contribution >= 4 is 28.5 Å². The average molecular weight is 499 g/mol. The molecule has 11 nitrogen and oxygen atoms in total. The number of rotatable bonds is 3. The molecular formula is C26H30N10O. The summed E-state index contributed by atoms with van der Waals surface area (Å²) in [4.78, 5) is 19.1. The number of hydrogen-bond donors (Lipinski definition) is 2. The molecule has 190 valence electrons. The number of piperidine rings is 1. The van der Waals surface area contributed by atoms with Gasteiger partial charge in [0.05, 0.1) is 48.4 Å². The number of ether oxygens (including phenoxy) is 1. The smallest absolute Gasteiger partial charge is 0.183 e. The topological polar surface area (TPSA) is 135 Å². The third-order valence-corrected chi connectivity index (χ3v) is 8.34. The summed E-state index contributed by atoms with van der Waals surface area (Å²) in [6, 6.07) is 6.16. The van der Waals surface area contributed by atoms with Gasteiger partial charge in [-0.05, 0) is 50.8 Å². The number of nitrogens with zero attached hydrogens (tertiary/aromatic N) is 8. The van der Waals surface area contributed by atoms with Crippen molar-refractivity contribution < 1.29 is 4.74 Å². The first-order valence-corrected chi connectivity index (χ1v) is 13.0. The molecule has 1 spiro atoms. The Morgan fingerprint density at radius 3 is 2.76 bits per heavy atom. The van der Waals surface area contributed by atoms with Gasteiger partial charge in [0.15, 0.2) is 17.0 Å². The number of aromatic nitrogens is 7. The largest absolute Gasteiger partial charge is 0.376 e. The van der Waals surface area contributed by atoms with Gasteiger partial charge in [-0.1, -0.05) is 0 Å². The Morgan fingerprint density at radius 1 is 1.08 bits per heavy atom. The summed E-state index contributed by atoms with van der Waals surface area (Å²) in [5.41, 5.74) is 12.0. The van der Waals surface area contributed by atoms with Crippen molar-refractivity contribution in [1.29, 1.82) is 0 Å². The number of nitrogens with one attached hydrogen (secondary N) is 1. The number of fused-ring (bicyclic) bond motifs is 2. The number of nitrogens with two attached hydrogens (primary N) is 1. The summed E-state index contributed by atoms with van der Waals surface area (Å²) in [6.07, 6.45) is 9.33. The van der Waals surface area contributed by atoms with Crippen LogP contribution in [0, 0.1) is 5.41 Å². The molecular weight excluding hydrogens is 468 g/mol. The molecule has 0 unspecified atom stereocenters. The van der Waals surface area contributed by atoms with Crippen LogP contribution in [0.15, 0.2) is 36.8 Å². The van der Waals surface area contributed by atoms with Crippen LogP contribution in [0.3, 0.4) is 0 Å². The third-order valence-electron chi connectivity index (χ3n) is 8.34. The van der Waals surface area contributed by atoms with Gasteiger partial charge in [-0.25, -0.2) is 9.97 Å². The molecule has 11 heteroatoms. The van der Waals surface area contributed by atoms with Gasteiger partial charge in [-0.3, -0.25) is 10.1 Å². The Bertz CT molecular complexity index is 1430. The molecule has 3 N–H and O–H groups in total. The van der Waals surface area contributed by atoms with Crippen molar-refractivity contribution in [3.8, 4) is 11.3 Å². The minimum absolute atomic E-state index is 0.0814. The molecule has 7 rings (SSSR count). The van der Waals surface area contributed by atoms with Crippen LogP contribution >= 0.6 is 0 Å². The van der Waals surface area contributed by atoms with E-state index in [1.165, 1.54) is 0 Å². The van der Waals surface area contributed by atoms with Gasteiger partial charge in [-0.2, -0.15) is 15.3 Å². The fraction of sp³-hybridized carbons (Fsp3) is 0.462. The van der Waals surface area contributed by atoms with E-state index >= 15 is 0 Å². The normalized spacial score (nSPS) is 23.1. The zero-order valence-electron chi connectivity index (χ0n) is 20.8. The van der Waals surface area contributed by atoms with Crippen LogP contribution in [0.5, 0.6) is 0 Å². The van der Waals surface area contributed by atoms with E-state index in [1.54, 1.807) is 12.4 Å². The molecule has 0 saturated carbocycles. The SMILES string of the molecule is C[C@@H]1OCC2(CCN(c3cnc4c(N5CCCc6nc(-c7ccnnc7)ccc65)n[nH]c4n3)CC2)[C@@H]1N. The van der Waals surface area contributed by atoms with Crippen molar-refractivity contribution in [3.63, 3.8) is 0 Å². The van der Waals surface area contributed by atoms with Crippen LogP contribution in [0.2, 0.25) is 0 Å². The molecule has 2 saturated heterocycles. The standard InChI is InChI=1S/C26H30N10O/c1-16-23(27)26(15-37-16)7-11-35(12-8-26)21-14-28-22-24(32-21)33-34-25(22)36-10-2-3-19-20(36)5-4-18(31-19)17-6-9-29-30-13-17/h4-6,9,13-14,16,23H,2-3,7-8,10-12,15,27H2,1H3,(H,32,33,34)/t16-,23+/m0/s1. The number of aromatic amines is 1. The van der Waals surface area contributed by atoms with Crippen molar-refractivity contribution in [2.24, 2.45) is 11.1 Å². The zero-order valence-corrected chi connectivity index (χ0v) is 20.8. The minimum Gasteiger partial charge on any atom is -0.376 e. The van der Waals surface area contributed by atoms with Gasteiger partial charge in [-0.15, -0.1) is 0 Å². The molecule has 0 aliphatic carbocycles.